The van der Waals surface area contributed by atoms with Gasteiger partial charge in [0.25, 0.3) is 0 Å². The maximum atomic E-state index is 11.9. The average Bonchev–Trinajstić information content (AvgIpc) is 2.75. The molecular weight excluding hydrogens is 212 g/mol. The fraction of sp³-hybridized carbons (Fsp3) is 0.286. The maximum absolute atomic E-state index is 11.9. The Morgan fingerprint density at radius 1 is 1.18 bits per heavy atom. The first-order valence-electron chi connectivity index (χ1n) is 5.93. The molecule has 0 bridgehead atoms. The van der Waals surface area contributed by atoms with Crippen LogP contribution in [0.1, 0.15) is 34.5 Å². The molecular formula is C14H14N2O. The minimum atomic E-state index is 0.212. The number of nitrogens with zero attached hydrogens (tertiary/aromatic N) is 2. The van der Waals surface area contributed by atoms with Crippen LogP contribution < -0.4 is 0 Å². The third kappa shape index (κ3) is 1.68. The van der Waals surface area contributed by atoms with Crippen LogP contribution in [0.4, 0.5) is 0 Å². The van der Waals surface area contributed by atoms with E-state index >= 15 is 0 Å². The zero-order chi connectivity index (χ0) is 11.8. The zero-order valence-corrected chi connectivity index (χ0v) is 9.81. The second kappa shape index (κ2) is 3.84. The summed E-state index contributed by atoms with van der Waals surface area (Å²) >= 11 is 0. The highest BCUT2D eigenvalue weighted by atomic mass is 16.1. The van der Waals surface area contributed by atoms with Gasteiger partial charge in [-0.2, -0.15) is 5.10 Å². The van der Waals surface area contributed by atoms with Gasteiger partial charge in [0.2, 0.25) is 0 Å². The molecule has 3 heteroatoms. The normalized spacial score (nSPS) is 14.8. The maximum Gasteiger partial charge on any atom is 0.181 e. The van der Waals surface area contributed by atoms with Gasteiger partial charge in [0.15, 0.2) is 5.78 Å². The van der Waals surface area contributed by atoms with Gasteiger partial charge >= 0.3 is 0 Å². The van der Waals surface area contributed by atoms with Gasteiger partial charge in [-0.05, 0) is 31.9 Å². The fourth-order valence-corrected chi connectivity index (χ4v) is 2.30. The van der Waals surface area contributed by atoms with Crippen molar-refractivity contribution in [3.63, 3.8) is 0 Å². The van der Waals surface area contributed by atoms with Crippen LogP contribution in [0.25, 0.3) is 5.69 Å². The minimum Gasteiger partial charge on any atom is -0.292 e. The van der Waals surface area contributed by atoms with Gasteiger partial charge < -0.3 is 0 Å². The number of benzene rings is 1. The minimum absolute atomic E-state index is 0.212. The third-order valence-electron chi connectivity index (χ3n) is 3.24. The summed E-state index contributed by atoms with van der Waals surface area (Å²) in [5, 5.41) is 4.34. The molecule has 0 unspecified atom stereocenters. The molecule has 0 radical (unpaired) electrons. The first-order valence-corrected chi connectivity index (χ1v) is 5.93. The van der Waals surface area contributed by atoms with Crippen LogP contribution >= 0.6 is 0 Å². The molecule has 0 aliphatic heterocycles. The standard InChI is InChI=1S/C14H14N2O/c1-10-5-7-12(8-6-10)16-14-11(9-15-16)3-2-4-13(14)17/h5-9H,2-4H2,1H3. The highest BCUT2D eigenvalue weighted by molar-refractivity contribution is 5.97. The van der Waals surface area contributed by atoms with Crippen LogP contribution in [0.3, 0.4) is 0 Å². The number of fused-ring (bicyclic) bond motifs is 1. The Morgan fingerprint density at radius 2 is 1.94 bits per heavy atom. The van der Waals surface area contributed by atoms with Crippen molar-refractivity contribution in [2.75, 3.05) is 0 Å². The van der Waals surface area contributed by atoms with Crippen molar-refractivity contribution >= 4 is 5.78 Å². The number of carbonyl (C=O) groups excluding carboxylic acids is 1. The second-order valence-corrected chi connectivity index (χ2v) is 4.54. The van der Waals surface area contributed by atoms with Crippen molar-refractivity contribution in [3.05, 3.63) is 47.3 Å². The topological polar surface area (TPSA) is 34.9 Å². The molecule has 3 nitrogen and oxygen atoms in total. The predicted octanol–water partition coefficient (Wildman–Crippen LogP) is 2.70. The first-order chi connectivity index (χ1) is 8.25. The Bertz CT molecular complexity index is 566. The molecule has 0 spiro atoms. The Morgan fingerprint density at radius 3 is 2.71 bits per heavy atom. The summed E-state index contributed by atoms with van der Waals surface area (Å²) < 4.78 is 1.77. The highest BCUT2D eigenvalue weighted by Crippen LogP contribution is 2.23. The van der Waals surface area contributed by atoms with Crippen molar-refractivity contribution in [3.8, 4) is 5.69 Å². The van der Waals surface area contributed by atoms with Crippen molar-refractivity contribution < 1.29 is 4.79 Å². The van der Waals surface area contributed by atoms with E-state index in [0.717, 1.165) is 29.8 Å². The Labute approximate surface area is 100 Å². The molecule has 0 N–H and O–H groups in total. The number of hydrogen-bond acceptors (Lipinski definition) is 2. The Hall–Kier alpha value is -1.90. The lowest BCUT2D eigenvalue weighted by molar-refractivity contribution is 0.0965. The second-order valence-electron chi connectivity index (χ2n) is 4.54. The lowest BCUT2D eigenvalue weighted by Crippen LogP contribution is -2.14. The van der Waals surface area contributed by atoms with E-state index in [1.54, 1.807) is 4.68 Å². The van der Waals surface area contributed by atoms with Crippen molar-refractivity contribution in [1.82, 2.24) is 9.78 Å². The summed E-state index contributed by atoms with van der Waals surface area (Å²) in [7, 11) is 0. The van der Waals surface area contributed by atoms with Gasteiger partial charge in [0.05, 0.1) is 11.9 Å². The zero-order valence-electron chi connectivity index (χ0n) is 9.81. The summed E-state index contributed by atoms with van der Waals surface area (Å²) in [5.41, 5.74) is 4.04. The number of aryl methyl sites for hydroxylation is 2. The predicted molar refractivity (Wildman–Crippen MR) is 65.6 cm³/mol. The van der Waals surface area contributed by atoms with Crippen LogP contribution in [0.15, 0.2) is 30.5 Å². The monoisotopic (exact) mass is 226 g/mol. The fourth-order valence-electron chi connectivity index (χ4n) is 2.30. The van der Waals surface area contributed by atoms with E-state index in [2.05, 4.69) is 5.10 Å². The van der Waals surface area contributed by atoms with E-state index in [0.29, 0.717) is 6.42 Å². The number of ketones is 1. The molecule has 0 saturated carbocycles. The van der Waals surface area contributed by atoms with Crippen LogP contribution in [0.2, 0.25) is 0 Å². The van der Waals surface area contributed by atoms with E-state index < -0.39 is 0 Å². The van der Waals surface area contributed by atoms with Gasteiger partial charge in [0.1, 0.15) is 5.69 Å². The number of Topliss-reactive ketones (excluding diaryl/α,β-unsaturated/α-hetero) is 1. The number of carbonyl (C=O) groups is 1. The van der Waals surface area contributed by atoms with Crippen LogP contribution in [-0.2, 0) is 6.42 Å². The summed E-state index contributed by atoms with van der Waals surface area (Å²) in [6.45, 7) is 2.05. The van der Waals surface area contributed by atoms with Crippen LogP contribution in [-0.4, -0.2) is 15.6 Å². The van der Waals surface area contributed by atoms with Crippen LogP contribution in [0, 0.1) is 6.92 Å². The summed E-state index contributed by atoms with van der Waals surface area (Å²) in [6, 6.07) is 8.09. The molecule has 0 atom stereocenters. The number of rotatable bonds is 1. The van der Waals surface area contributed by atoms with E-state index in [-0.39, 0.29) is 5.78 Å². The summed E-state index contributed by atoms with van der Waals surface area (Å²) in [4.78, 5) is 11.9. The van der Waals surface area contributed by atoms with E-state index in [1.807, 2.05) is 37.4 Å². The van der Waals surface area contributed by atoms with Crippen LogP contribution in [0.5, 0.6) is 0 Å². The molecule has 86 valence electrons. The van der Waals surface area contributed by atoms with Gasteiger partial charge in [-0.1, -0.05) is 17.7 Å². The summed E-state index contributed by atoms with van der Waals surface area (Å²) in [5.74, 6) is 0.212. The average molecular weight is 226 g/mol. The van der Waals surface area contributed by atoms with Crippen molar-refractivity contribution in [2.24, 2.45) is 0 Å². The smallest absolute Gasteiger partial charge is 0.181 e. The van der Waals surface area contributed by atoms with Gasteiger partial charge in [-0.25, -0.2) is 4.68 Å². The van der Waals surface area contributed by atoms with Gasteiger partial charge in [-0.3, -0.25) is 4.79 Å². The molecule has 0 amide bonds. The number of aromatic nitrogens is 2. The molecule has 17 heavy (non-hydrogen) atoms. The lowest BCUT2D eigenvalue weighted by Gasteiger charge is -2.12. The molecule has 3 rings (SSSR count). The number of hydrogen-bond donors (Lipinski definition) is 0. The Balaban J connectivity index is 2.12. The van der Waals surface area contributed by atoms with E-state index in [9.17, 15) is 4.79 Å². The van der Waals surface area contributed by atoms with Crippen molar-refractivity contribution in [2.45, 2.75) is 26.2 Å². The molecule has 2 aromatic rings. The quantitative estimate of drug-likeness (QED) is 0.749. The van der Waals surface area contributed by atoms with Gasteiger partial charge in [-0.15, -0.1) is 0 Å². The molecule has 1 aromatic heterocycles. The highest BCUT2D eigenvalue weighted by Gasteiger charge is 2.22. The first kappa shape index (κ1) is 10.3. The van der Waals surface area contributed by atoms with Gasteiger partial charge in [0, 0.05) is 12.0 Å². The molecule has 1 aliphatic carbocycles. The third-order valence-corrected chi connectivity index (χ3v) is 3.24. The molecule has 1 heterocycles. The largest absolute Gasteiger partial charge is 0.292 e. The molecule has 1 aromatic carbocycles. The van der Waals surface area contributed by atoms with E-state index in [4.69, 9.17) is 0 Å². The summed E-state index contributed by atoms with van der Waals surface area (Å²) in [6.07, 6.45) is 4.38. The van der Waals surface area contributed by atoms with Crippen molar-refractivity contribution in [1.29, 1.82) is 0 Å². The molecule has 0 saturated heterocycles. The molecule has 0 fully saturated rings. The molecule has 1 aliphatic rings. The lowest BCUT2D eigenvalue weighted by atomic mass is 9.97. The Kier molecular flexibility index (Phi) is 2.32. The van der Waals surface area contributed by atoms with E-state index in [1.165, 1.54) is 5.56 Å². The SMILES string of the molecule is Cc1ccc(-n2ncc3c2C(=O)CCC3)cc1.